The van der Waals surface area contributed by atoms with E-state index < -0.39 is 0 Å². The van der Waals surface area contributed by atoms with Gasteiger partial charge in [-0.1, -0.05) is 41.9 Å². The van der Waals surface area contributed by atoms with E-state index in [9.17, 15) is 9.59 Å². The summed E-state index contributed by atoms with van der Waals surface area (Å²) in [6.45, 7) is 1.58. The number of rotatable bonds is 4. The maximum absolute atomic E-state index is 12.7. The molecular formula is C21H21ClN2O2. The van der Waals surface area contributed by atoms with Crippen LogP contribution in [0.3, 0.4) is 0 Å². The molecule has 1 saturated heterocycles. The van der Waals surface area contributed by atoms with Crippen LogP contribution in [0.2, 0.25) is 5.02 Å². The summed E-state index contributed by atoms with van der Waals surface area (Å²) in [7, 11) is 0. The Balaban J connectivity index is 1.47. The molecule has 4 nitrogen and oxygen atoms in total. The van der Waals surface area contributed by atoms with Crippen LogP contribution in [0.5, 0.6) is 0 Å². The van der Waals surface area contributed by atoms with Crippen molar-refractivity contribution < 1.29 is 9.59 Å². The molecule has 2 amide bonds. The Morgan fingerprint density at radius 1 is 1.00 bits per heavy atom. The van der Waals surface area contributed by atoms with E-state index >= 15 is 0 Å². The summed E-state index contributed by atoms with van der Waals surface area (Å²) < 4.78 is 0. The van der Waals surface area contributed by atoms with E-state index in [4.69, 9.17) is 11.6 Å². The Bertz CT molecular complexity index is 845. The SMILES string of the molecule is O=C(Nc1ccccc1C(=O)N1CCCC1)C1CC1c1ccccc1Cl. The fraction of sp³-hybridized carbons (Fsp3) is 0.333. The van der Waals surface area contributed by atoms with Gasteiger partial charge in [0, 0.05) is 24.0 Å². The van der Waals surface area contributed by atoms with Crippen LogP contribution in [0.4, 0.5) is 5.69 Å². The molecule has 0 radical (unpaired) electrons. The first-order valence-corrected chi connectivity index (χ1v) is 9.46. The summed E-state index contributed by atoms with van der Waals surface area (Å²) in [5, 5.41) is 3.67. The molecule has 1 saturated carbocycles. The number of hydrogen-bond acceptors (Lipinski definition) is 2. The highest BCUT2D eigenvalue weighted by Crippen LogP contribution is 2.50. The standard InChI is InChI=1S/C21H21ClN2O2/c22-18-9-3-1-7-14(18)16-13-17(16)20(25)23-19-10-4-2-8-15(19)21(26)24-11-5-6-12-24/h1-4,7-10,16-17H,5-6,11-13H2,(H,23,25). The van der Waals surface area contributed by atoms with Gasteiger partial charge in [-0.15, -0.1) is 0 Å². The molecule has 0 aromatic heterocycles. The van der Waals surface area contributed by atoms with E-state index in [1.165, 1.54) is 0 Å². The topological polar surface area (TPSA) is 49.4 Å². The molecule has 1 heterocycles. The summed E-state index contributed by atoms with van der Waals surface area (Å²) in [6, 6.07) is 14.9. The van der Waals surface area contributed by atoms with Crippen LogP contribution in [0, 0.1) is 5.92 Å². The lowest BCUT2D eigenvalue weighted by Crippen LogP contribution is -2.29. The molecule has 2 aromatic carbocycles. The molecule has 134 valence electrons. The average Bonchev–Trinajstić information content (AvgIpc) is 3.26. The van der Waals surface area contributed by atoms with Gasteiger partial charge in [0.05, 0.1) is 11.3 Å². The summed E-state index contributed by atoms with van der Waals surface area (Å²) >= 11 is 6.25. The summed E-state index contributed by atoms with van der Waals surface area (Å²) in [5.74, 6) is 0.0171. The van der Waals surface area contributed by atoms with E-state index in [1.54, 1.807) is 12.1 Å². The number of anilines is 1. The van der Waals surface area contributed by atoms with Gasteiger partial charge >= 0.3 is 0 Å². The maximum Gasteiger partial charge on any atom is 0.255 e. The third-order valence-electron chi connectivity index (χ3n) is 5.24. The van der Waals surface area contributed by atoms with Crippen LogP contribution in [-0.4, -0.2) is 29.8 Å². The number of carbonyl (C=O) groups is 2. The predicted molar refractivity (Wildman–Crippen MR) is 103 cm³/mol. The number of carbonyl (C=O) groups excluding carboxylic acids is 2. The third kappa shape index (κ3) is 3.34. The first kappa shape index (κ1) is 17.1. The van der Waals surface area contributed by atoms with Gasteiger partial charge in [0.1, 0.15) is 0 Å². The van der Waals surface area contributed by atoms with Crippen LogP contribution < -0.4 is 5.32 Å². The van der Waals surface area contributed by atoms with Gasteiger partial charge in [-0.2, -0.15) is 0 Å². The Labute approximate surface area is 158 Å². The van der Waals surface area contributed by atoms with Crippen molar-refractivity contribution in [3.05, 3.63) is 64.7 Å². The molecule has 0 bridgehead atoms. The molecule has 4 rings (SSSR count). The van der Waals surface area contributed by atoms with Crippen molar-refractivity contribution in [2.45, 2.75) is 25.2 Å². The smallest absolute Gasteiger partial charge is 0.255 e. The van der Waals surface area contributed by atoms with Gasteiger partial charge in [-0.3, -0.25) is 9.59 Å². The normalized spacial score (nSPS) is 21.5. The first-order valence-electron chi connectivity index (χ1n) is 9.09. The van der Waals surface area contributed by atoms with E-state index in [0.29, 0.717) is 16.3 Å². The minimum absolute atomic E-state index is 0.00292. The van der Waals surface area contributed by atoms with E-state index in [0.717, 1.165) is 37.9 Å². The zero-order valence-electron chi connectivity index (χ0n) is 14.5. The highest BCUT2D eigenvalue weighted by molar-refractivity contribution is 6.31. The monoisotopic (exact) mass is 368 g/mol. The van der Waals surface area contributed by atoms with Crippen molar-refractivity contribution in [3.63, 3.8) is 0 Å². The summed E-state index contributed by atoms with van der Waals surface area (Å²) in [4.78, 5) is 27.3. The Hall–Kier alpha value is -2.33. The van der Waals surface area contributed by atoms with Crippen molar-refractivity contribution in [3.8, 4) is 0 Å². The van der Waals surface area contributed by atoms with E-state index in [-0.39, 0.29) is 23.7 Å². The summed E-state index contributed by atoms with van der Waals surface area (Å²) in [5.41, 5.74) is 2.19. The van der Waals surface area contributed by atoms with Gasteiger partial charge in [-0.05, 0) is 48.9 Å². The minimum atomic E-state index is -0.0927. The largest absolute Gasteiger partial charge is 0.339 e. The zero-order valence-corrected chi connectivity index (χ0v) is 15.2. The predicted octanol–water partition coefficient (Wildman–Crippen LogP) is 4.32. The van der Waals surface area contributed by atoms with E-state index in [1.807, 2.05) is 41.3 Å². The second-order valence-corrected chi connectivity index (χ2v) is 7.41. The fourth-order valence-electron chi connectivity index (χ4n) is 3.70. The quantitative estimate of drug-likeness (QED) is 0.873. The van der Waals surface area contributed by atoms with Gasteiger partial charge in [0.25, 0.3) is 5.91 Å². The molecule has 2 fully saturated rings. The van der Waals surface area contributed by atoms with Crippen LogP contribution in [0.15, 0.2) is 48.5 Å². The molecule has 1 aliphatic heterocycles. The highest BCUT2D eigenvalue weighted by atomic mass is 35.5. The van der Waals surface area contributed by atoms with Gasteiger partial charge < -0.3 is 10.2 Å². The molecule has 1 aliphatic carbocycles. The highest BCUT2D eigenvalue weighted by Gasteiger charge is 2.45. The second-order valence-electron chi connectivity index (χ2n) is 7.00. The molecule has 1 N–H and O–H groups in total. The number of amides is 2. The molecule has 0 spiro atoms. The molecule has 2 aliphatic rings. The van der Waals surface area contributed by atoms with Crippen molar-refractivity contribution in [2.24, 2.45) is 5.92 Å². The Kier molecular flexibility index (Phi) is 4.68. The molecule has 2 atom stereocenters. The number of likely N-dealkylation sites (tertiary alicyclic amines) is 1. The van der Waals surface area contributed by atoms with Crippen LogP contribution in [0.25, 0.3) is 0 Å². The molecular weight excluding hydrogens is 348 g/mol. The third-order valence-corrected chi connectivity index (χ3v) is 5.58. The number of benzene rings is 2. The zero-order chi connectivity index (χ0) is 18.1. The van der Waals surface area contributed by atoms with Gasteiger partial charge in [-0.25, -0.2) is 0 Å². The van der Waals surface area contributed by atoms with Crippen LogP contribution in [0.1, 0.15) is 41.1 Å². The van der Waals surface area contributed by atoms with Crippen molar-refractivity contribution in [2.75, 3.05) is 18.4 Å². The maximum atomic E-state index is 12.7. The van der Waals surface area contributed by atoms with Crippen LogP contribution >= 0.6 is 11.6 Å². The summed E-state index contributed by atoms with van der Waals surface area (Å²) in [6.07, 6.45) is 2.88. The Morgan fingerprint density at radius 2 is 1.69 bits per heavy atom. The van der Waals surface area contributed by atoms with Crippen molar-refractivity contribution in [1.29, 1.82) is 0 Å². The molecule has 2 aromatic rings. The number of nitrogens with zero attached hydrogens (tertiary/aromatic N) is 1. The lowest BCUT2D eigenvalue weighted by molar-refractivity contribution is -0.117. The lowest BCUT2D eigenvalue weighted by atomic mass is 10.1. The van der Waals surface area contributed by atoms with Crippen molar-refractivity contribution in [1.82, 2.24) is 4.90 Å². The van der Waals surface area contributed by atoms with E-state index in [2.05, 4.69) is 5.32 Å². The average molecular weight is 369 g/mol. The molecule has 2 unspecified atom stereocenters. The van der Waals surface area contributed by atoms with Crippen LogP contribution in [-0.2, 0) is 4.79 Å². The van der Waals surface area contributed by atoms with Gasteiger partial charge in [0.15, 0.2) is 0 Å². The van der Waals surface area contributed by atoms with Gasteiger partial charge in [0.2, 0.25) is 5.91 Å². The first-order chi connectivity index (χ1) is 12.6. The van der Waals surface area contributed by atoms with Crippen molar-refractivity contribution >= 4 is 29.1 Å². The number of para-hydroxylation sites is 1. The number of halogens is 1. The minimum Gasteiger partial charge on any atom is -0.339 e. The number of hydrogen-bond donors (Lipinski definition) is 1. The second kappa shape index (κ2) is 7.12. The lowest BCUT2D eigenvalue weighted by Gasteiger charge is -2.18. The molecule has 5 heteroatoms. The molecule has 26 heavy (non-hydrogen) atoms. The Morgan fingerprint density at radius 3 is 2.46 bits per heavy atom. The fourth-order valence-corrected chi connectivity index (χ4v) is 3.97. The number of nitrogens with one attached hydrogen (secondary N) is 1.